The third kappa shape index (κ3) is 4.24. The summed E-state index contributed by atoms with van der Waals surface area (Å²) in [5, 5.41) is 0. The topological polar surface area (TPSA) is 26.8 Å². The molecular weight excluding hydrogens is 341 g/mol. The molecule has 27 heavy (non-hydrogen) atoms. The van der Waals surface area contributed by atoms with Gasteiger partial charge in [0.1, 0.15) is 5.82 Å². The number of hydrogen-bond donors (Lipinski definition) is 0. The van der Waals surface area contributed by atoms with Crippen molar-refractivity contribution in [2.24, 2.45) is 0 Å². The summed E-state index contributed by atoms with van der Waals surface area (Å²) in [6, 6.07) is 15.1. The summed E-state index contributed by atoms with van der Waals surface area (Å²) in [5.41, 5.74) is 3.26. The van der Waals surface area contributed by atoms with Crippen LogP contribution in [0.25, 0.3) is 0 Å². The van der Waals surface area contributed by atoms with Crippen molar-refractivity contribution in [3.8, 4) is 0 Å². The van der Waals surface area contributed by atoms with E-state index in [4.69, 9.17) is 0 Å². The zero-order valence-electron chi connectivity index (χ0n) is 15.6. The molecule has 0 unspecified atom stereocenters. The van der Waals surface area contributed by atoms with Crippen molar-refractivity contribution < 1.29 is 9.18 Å². The Bertz CT molecular complexity index is 778. The molecule has 2 heterocycles. The Morgan fingerprint density at radius 1 is 0.815 bits per heavy atom. The number of anilines is 2. The fourth-order valence-corrected chi connectivity index (χ4v) is 4.00. The largest absolute Gasteiger partial charge is 0.372 e. The summed E-state index contributed by atoms with van der Waals surface area (Å²) in [7, 11) is 0. The summed E-state index contributed by atoms with van der Waals surface area (Å²) in [6.45, 7) is 5.40. The van der Waals surface area contributed by atoms with E-state index >= 15 is 0 Å². The molecule has 1 amide bonds. The Morgan fingerprint density at radius 2 is 1.41 bits per heavy atom. The van der Waals surface area contributed by atoms with Crippen LogP contribution in [0.1, 0.15) is 18.4 Å². The van der Waals surface area contributed by atoms with E-state index in [-0.39, 0.29) is 18.1 Å². The highest BCUT2D eigenvalue weighted by Gasteiger charge is 2.22. The molecule has 0 aliphatic carbocycles. The lowest BCUT2D eigenvalue weighted by Gasteiger charge is -2.36. The molecule has 0 N–H and O–H groups in total. The number of rotatable bonds is 4. The van der Waals surface area contributed by atoms with Gasteiger partial charge in [0.15, 0.2) is 0 Å². The van der Waals surface area contributed by atoms with Crippen molar-refractivity contribution in [1.82, 2.24) is 4.90 Å². The number of hydrogen-bond acceptors (Lipinski definition) is 3. The van der Waals surface area contributed by atoms with Crippen LogP contribution in [0.4, 0.5) is 15.8 Å². The third-order valence-electron chi connectivity index (χ3n) is 5.56. The van der Waals surface area contributed by atoms with E-state index in [0.717, 1.165) is 31.7 Å². The number of benzene rings is 2. The molecule has 5 heteroatoms. The van der Waals surface area contributed by atoms with Crippen LogP contribution in [0.3, 0.4) is 0 Å². The molecule has 4 rings (SSSR count). The van der Waals surface area contributed by atoms with Gasteiger partial charge < -0.3 is 14.7 Å². The molecule has 2 fully saturated rings. The molecule has 2 aliphatic heterocycles. The van der Waals surface area contributed by atoms with E-state index in [1.54, 1.807) is 12.1 Å². The fourth-order valence-electron chi connectivity index (χ4n) is 4.00. The Balaban J connectivity index is 1.31. The second-order valence-corrected chi connectivity index (χ2v) is 7.39. The molecule has 4 nitrogen and oxygen atoms in total. The van der Waals surface area contributed by atoms with Gasteiger partial charge >= 0.3 is 0 Å². The highest BCUT2D eigenvalue weighted by Crippen LogP contribution is 2.24. The standard InChI is InChI=1S/C22H26FN3O/c23-19-5-3-4-18(16-19)17-22(27)26-14-12-25(13-15-26)21-8-6-20(7-9-21)24-10-1-2-11-24/h3-9,16H,1-2,10-15,17H2. The van der Waals surface area contributed by atoms with E-state index in [0.29, 0.717) is 13.1 Å². The monoisotopic (exact) mass is 367 g/mol. The normalized spacial score (nSPS) is 17.4. The van der Waals surface area contributed by atoms with Crippen LogP contribution >= 0.6 is 0 Å². The summed E-state index contributed by atoms with van der Waals surface area (Å²) in [6.07, 6.45) is 2.84. The molecule has 0 bridgehead atoms. The second kappa shape index (κ2) is 7.99. The zero-order valence-corrected chi connectivity index (χ0v) is 15.6. The molecule has 0 spiro atoms. The fraction of sp³-hybridized carbons (Fsp3) is 0.409. The van der Waals surface area contributed by atoms with E-state index < -0.39 is 0 Å². The van der Waals surface area contributed by atoms with Crippen molar-refractivity contribution in [2.75, 3.05) is 49.1 Å². The summed E-state index contributed by atoms with van der Waals surface area (Å²) < 4.78 is 13.3. The first kappa shape index (κ1) is 17.8. The molecule has 0 aromatic heterocycles. The lowest BCUT2D eigenvalue weighted by atomic mass is 10.1. The van der Waals surface area contributed by atoms with Gasteiger partial charge in [-0.2, -0.15) is 0 Å². The van der Waals surface area contributed by atoms with Gasteiger partial charge in [0.05, 0.1) is 6.42 Å². The maximum absolute atomic E-state index is 13.3. The summed E-state index contributed by atoms with van der Waals surface area (Å²) in [4.78, 5) is 19.2. The average Bonchev–Trinajstić information content (AvgIpc) is 3.23. The molecule has 2 saturated heterocycles. The smallest absolute Gasteiger partial charge is 0.227 e. The molecule has 2 aromatic rings. The van der Waals surface area contributed by atoms with E-state index in [1.165, 1.54) is 36.3 Å². The van der Waals surface area contributed by atoms with Crippen LogP contribution in [0.15, 0.2) is 48.5 Å². The van der Waals surface area contributed by atoms with Gasteiger partial charge in [-0.15, -0.1) is 0 Å². The lowest BCUT2D eigenvalue weighted by Crippen LogP contribution is -2.49. The van der Waals surface area contributed by atoms with Gasteiger partial charge in [-0.3, -0.25) is 4.79 Å². The number of carbonyl (C=O) groups excluding carboxylic acids is 1. The van der Waals surface area contributed by atoms with Crippen LogP contribution in [-0.2, 0) is 11.2 Å². The van der Waals surface area contributed by atoms with Crippen LogP contribution in [-0.4, -0.2) is 50.1 Å². The van der Waals surface area contributed by atoms with Gasteiger partial charge in [-0.25, -0.2) is 4.39 Å². The van der Waals surface area contributed by atoms with Crippen molar-refractivity contribution in [3.63, 3.8) is 0 Å². The quantitative estimate of drug-likeness (QED) is 0.829. The van der Waals surface area contributed by atoms with Crippen molar-refractivity contribution in [1.29, 1.82) is 0 Å². The second-order valence-electron chi connectivity index (χ2n) is 7.39. The average molecular weight is 367 g/mol. The van der Waals surface area contributed by atoms with E-state index in [1.807, 2.05) is 4.90 Å². The van der Waals surface area contributed by atoms with Crippen molar-refractivity contribution in [3.05, 3.63) is 59.9 Å². The minimum atomic E-state index is -0.289. The van der Waals surface area contributed by atoms with Gasteiger partial charge in [0.2, 0.25) is 5.91 Å². The molecule has 0 atom stereocenters. The Kier molecular flexibility index (Phi) is 5.28. The van der Waals surface area contributed by atoms with E-state index in [2.05, 4.69) is 34.1 Å². The molecule has 0 radical (unpaired) electrons. The first-order valence-electron chi connectivity index (χ1n) is 9.81. The van der Waals surface area contributed by atoms with Crippen LogP contribution < -0.4 is 9.80 Å². The van der Waals surface area contributed by atoms with Gasteiger partial charge in [0, 0.05) is 50.6 Å². The Labute approximate surface area is 160 Å². The summed E-state index contributed by atoms with van der Waals surface area (Å²) >= 11 is 0. The van der Waals surface area contributed by atoms with Gasteiger partial charge in [-0.1, -0.05) is 12.1 Å². The predicted octanol–water partition coefficient (Wildman–Crippen LogP) is 3.32. The number of carbonyl (C=O) groups is 1. The molecule has 142 valence electrons. The minimum Gasteiger partial charge on any atom is -0.372 e. The zero-order chi connectivity index (χ0) is 18.6. The highest BCUT2D eigenvalue weighted by molar-refractivity contribution is 5.79. The van der Waals surface area contributed by atoms with Gasteiger partial charge in [0.25, 0.3) is 0 Å². The highest BCUT2D eigenvalue weighted by atomic mass is 19.1. The maximum atomic E-state index is 13.3. The molecule has 2 aromatic carbocycles. The van der Waals surface area contributed by atoms with Crippen LogP contribution in [0.2, 0.25) is 0 Å². The number of nitrogens with zero attached hydrogens (tertiary/aromatic N) is 3. The number of piperazine rings is 1. The molecule has 0 saturated carbocycles. The maximum Gasteiger partial charge on any atom is 0.227 e. The third-order valence-corrected chi connectivity index (χ3v) is 5.56. The lowest BCUT2D eigenvalue weighted by molar-refractivity contribution is -0.130. The first-order valence-corrected chi connectivity index (χ1v) is 9.81. The molecule has 2 aliphatic rings. The number of amides is 1. The Morgan fingerprint density at radius 3 is 2.00 bits per heavy atom. The minimum absolute atomic E-state index is 0.0737. The summed E-state index contributed by atoms with van der Waals surface area (Å²) in [5.74, 6) is -0.216. The SMILES string of the molecule is O=C(Cc1cccc(F)c1)N1CCN(c2ccc(N3CCCC3)cc2)CC1. The van der Waals surface area contributed by atoms with Crippen LogP contribution in [0.5, 0.6) is 0 Å². The van der Waals surface area contributed by atoms with Gasteiger partial charge in [-0.05, 0) is 54.8 Å². The van der Waals surface area contributed by atoms with Crippen LogP contribution in [0, 0.1) is 5.82 Å². The van der Waals surface area contributed by atoms with Crippen molar-refractivity contribution >= 4 is 17.3 Å². The first-order chi connectivity index (χ1) is 13.2. The van der Waals surface area contributed by atoms with Crippen molar-refractivity contribution in [2.45, 2.75) is 19.3 Å². The molecular formula is C22H26FN3O. The predicted molar refractivity (Wildman–Crippen MR) is 107 cm³/mol. The number of halogens is 1. The van der Waals surface area contributed by atoms with E-state index in [9.17, 15) is 9.18 Å². The Hall–Kier alpha value is -2.56.